The van der Waals surface area contributed by atoms with Gasteiger partial charge in [-0.2, -0.15) is 0 Å². The van der Waals surface area contributed by atoms with Crippen LogP contribution < -0.4 is 15.8 Å². The minimum atomic E-state index is -0.132. The lowest BCUT2D eigenvalue weighted by atomic mass is 9.94. The standard InChI is InChI=1S/C24H24ClN3O2/c25-17-8-11-20-19(13-17)21(15-5-2-1-3-6-15)22(24(30)27-20)28-12-4-7-16(14-28)23(29)26-18-9-10-18/h1-3,5-6,8,11,13,16,18H,4,7,9-10,12,14H2,(H,26,29)(H,27,30). The zero-order valence-electron chi connectivity index (χ0n) is 16.7. The molecular formula is C24H24ClN3O2. The van der Waals surface area contributed by atoms with E-state index in [1.165, 1.54) is 0 Å². The molecule has 154 valence electrons. The number of carbonyl (C=O) groups is 1. The Bertz CT molecular complexity index is 1150. The summed E-state index contributed by atoms with van der Waals surface area (Å²) in [6, 6.07) is 15.8. The Morgan fingerprint density at radius 3 is 2.67 bits per heavy atom. The molecule has 2 fully saturated rings. The van der Waals surface area contributed by atoms with Crippen molar-refractivity contribution in [3.63, 3.8) is 0 Å². The van der Waals surface area contributed by atoms with Crippen molar-refractivity contribution >= 4 is 34.1 Å². The van der Waals surface area contributed by atoms with Gasteiger partial charge in [0.1, 0.15) is 5.69 Å². The van der Waals surface area contributed by atoms with Gasteiger partial charge in [-0.1, -0.05) is 41.9 Å². The maximum Gasteiger partial charge on any atom is 0.272 e. The zero-order valence-corrected chi connectivity index (χ0v) is 17.4. The van der Waals surface area contributed by atoms with Crippen LogP contribution in [0, 0.1) is 5.92 Å². The third kappa shape index (κ3) is 3.70. The number of aromatic amines is 1. The molecule has 0 bridgehead atoms. The van der Waals surface area contributed by atoms with Crippen molar-refractivity contribution in [2.45, 2.75) is 31.7 Å². The van der Waals surface area contributed by atoms with Gasteiger partial charge >= 0.3 is 0 Å². The number of nitrogens with one attached hydrogen (secondary N) is 2. The molecule has 1 aromatic heterocycles. The summed E-state index contributed by atoms with van der Waals surface area (Å²) in [5.41, 5.74) is 3.09. The summed E-state index contributed by atoms with van der Waals surface area (Å²) in [6.07, 6.45) is 3.88. The molecule has 2 aliphatic rings. The van der Waals surface area contributed by atoms with E-state index in [1.807, 2.05) is 42.5 Å². The Morgan fingerprint density at radius 1 is 1.10 bits per heavy atom. The molecule has 0 radical (unpaired) electrons. The zero-order chi connectivity index (χ0) is 20.7. The van der Waals surface area contributed by atoms with Crippen molar-refractivity contribution in [3.8, 4) is 11.1 Å². The van der Waals surface area contributed by atoms with Crippen LogP contribution in [0.2, 0.25) is 5.02 Å². The summed E-state index contributed by atoms with van der Waals surface area (Å²) in [6.45, 7) is 1.30. The number of carbonyl (C=O) groups excluding carboxylic acids is 1. The number of amides is 1. The van der Waals surface area contributed by atoms with E-state index in [2.05, 4.69) is 15.2 Å². The second-order valence-electron chi connectivity index (χ2n) is 8.30. The van der Waals surface area contributed by atoms with Crippen molar-refractivity contribution < 1.29 is 4.79 Å². The SMILES string of the molecule is O=C(NC1CC1)C1CCCN(c2c(-c3ccccc3)c3cc(Cl)ccc3[nH]c2=O)C1. The van der Waals surface area contributed by atoms with E-state index in [0.717, 1.165) is 54.3 Å². The lowest BCUT2D eigenvalue weighted by molar-refractivity contribution is -0.125. The first-order valence-corrected chi connectivity index (χ1v) is 10.9. The van der Waals surface area contributed by atoms with Gasteiger partial charge in [-0.15, -0.1) is 0 Å². The molecule has 5 rings (SSSR count). The fourth-order valence-corrected chi connectivity index (χ4v) is 4.57. The van der Waals surface area contributed by atoms with Crippen LogP contribution in [0.5, 0.6) is 0 Å². The van der Waals surface area contributed by atoms with E-state index in [9.17, 15) is 9.59 Å². The number of benzene rings is 2. The lowest BCUT2D eigenvalue weighted by Gasteiger charge is -2.34. The Morgan fingerprint density at radius 2 is 1.90 bits per heavy atom. The number of hydrogen-bond donors (Lipinski definition) is 2. The minimum absolute atomic E-state index is 0.0996. The molecule has 5 nitrogen and oxygen atoms in total. The van der Waals surface area contributed by atoms with Crippen LogP contribution >= 0.6 is 11.6 Å². The Labute approximate surface area is 180 Å². The molecule has 2 aromatic carbocycles. The van der Waals surface area contributed by atoms with Gasteiger partial charge < -0.3 is 15.2 Å². The molecule has 30 heavy (non-hydrogen) atoms. The first-order chi connectivity index (χ1) is 14.6. The number of pyridine rings is 1. The van der Waals surface area contributed by atoms with Gasteiger partial charge in [0.2, 0.25) is 5.91 Å². The number of fused-ring (bicyclic) bond motifs is 1. The van der Waals surface area contributed by atoms with E-state index in [0.29, 0.717) is 23.3 Å². The van der Waals surface area contributed by atoms with E-state index < -0.39 is 0 Å². The van der Waals surface area contributed by atoms with E-state index >= 15 is 0 Å². The predicted octanol–water partition coefficient (Wildman–Crippen LogP) is 4.34. The molecule has 1 amide bonds. The molecular weight excluding hydrogens is 398 g/mol. The molecule has 2 N–H and O–H groups in total. The average molecular weight is 422 g/mol. The highest BCUT2D eigenvalue weighted by molar-refractivity contribution is 6.31. The maximum atomic E-state index is 13.2. The Balaban J connectivity index is 1.62. The molecule has 1 aliphatic carbocycles. The van der Waals surface area contributed by atoms with Gasteiger partial charge in [0.15, 0.2) is 0 Å². The number of H-pyrrole nitrogens is 1. The summed E-state index contributed by atoms with van der Waals surface area (Å²) >= 11 is 6.32. The molecule has 1 saturated heterocycles. The number of halogens is 1. The van der Waals surface area contributed by atoms with E-state index in [4.69, 9.17) is 11.6 Å². The summed E-state index contributed by atoms with van der Waals surface area (Å²) in [7, 11) is 0. The van der Waals surface area contributed by atoms with Crippen LogP contribution in [-0.2, 0) is 4.79 Å². The third-order valence-electron chi connectivity index (χ3n) is 6.05. The Kier molecular flexibility index (Phi) is 4.99. The molecule has 2 heterocycles. The molecule has 1 unspecified atom stereocenters. The summed E-state index contributed by atoms with van der Waals surface area (Å²) < 4.78 is 0. The Hall–Kier alpha value is -2.79. The van der Waals surface area contributed by atoms with Crippen molar-refractivity contribution in [2.24, 2.45) is 5.92 Å². The first-order valence-electron chi connectivity index (χ1n) is 10.6. The van der Waals surface area contributed by atoms with Crippen LogP contribution in [0.4, 0.5) is 5.69 Å². The molecule has 3 aromatic rings. The van der Waals surface area contributed by atoms with Crippen LogP contribution in [0.1, 0.15) is 25.7 Å². The number of anilines is 1. The number of hydrogen-bond acceptors (Lipinski definition) is 3. The highest BCUT2D eigenvalue weighted by atomic mass is 35.5. The second kappa shape index (κ2) is 7.80. The fourth-order valence-electron chi connectivity index (χ4n) is 4.39. The smallest absolute Gasteiger partial charge is 0.272 e. The van der Waals surface area contributed by atoms with Gasteiger partial charge in [0.25, 0.3) is 5.56 Å². The quantitative estimate of drug-likeness (QED) is 0.658. The average Bonchev–Trinajstić information content (AvgIpc) is 3.58. The lowest BCUT2D eigenvalue weighted by Crippen LogP contribution is -2.45. The summed E-state index contributed by atoms with van der Waals surface area (Å²) in [5, 5.41) is 4.66. The second-order valence-corrected chi connectivity index (χ2v) is 8.74. The van der Waals surface area contributed by atoms with Crippen LogP contribution in [0.3, 0.4) is 0 Å². The number of aromatic nitrogens is 1. The largest absolute Gasteiger partial charge is 0.366 e. The number of piperidine rings is 1. The maximum absolute atomic E-state index is 13.2. The van der Waals surface area contributed by atoms with Gasteiger partial charge in [-0.3, -0.25) is 9.59 Å². The monoisotopic (exact) mass is 421 g/mol. The topological polar surface area (TPSA) is 65.2 Å². The van der Waals surface area contributed by atoms with Crippen LogP contribution in [0.25, 0.3) is 22.0 Å². The fraction of sp³-hybridized carbons (Fsp3) is 0.333. The third-order valence-corrected chi connectivity index (χ3v) is 6.28. The molecule has 1 saturated carbocycles. The summed E-state index contributed by atoms with van der Waals surface area (Å²) in [4.78, 5) is 31.0. The summed E-state index contributed by atoms with van der Waals surface area (Å²) in [5.74, 6) is 0.0150. The van der Waals surface area contributed by atoms with Crippen molar-refractivity contribution in [1.82, 2.24) is 10.3 Å². The number of nitrogens with zero attached hydrogens (tertiary/aromatic N) is 1. The first kappa shape index (κ1) is 19.2. The van der Waals surface area contributed by atoms with Crippen molar-refractivity contribution in [3.05, 3.63) is 63.9 Å². The predicted molar refractivity (Wildman–Crippen MR) is 121 cm³/mol. The van der Waals surface area contributed by atoms with Crippen molar-refractivity contribution in [2.75, 3.05) is 18.0 Å². The molecule has 6 heteroatoms. The van der Waals surface area contributed by atoms with Crippen LogP contribution in [-0.4, -0.2) is 30.0 Å². The minimum Gasteiger partial charge on any atom is -0.366 e. The van der Waals surface area contributed by atoms with E-state index in [-0.39, 0.29) is 17.4 Å². The molecule has 1 aliphatic heterocycles. The van der Waals surface area contributed by atoms with Gasteiger partial charge in [-0.25, -0.2) is 0 Å². The normalized spacial score (nSPS) is 19.1. The van der Waals surface area contributed by atoms with Crippen LogP contribution in [0.15, 0.2) is 53.3 Å². The molecule has 1 atom stereocenters. The van der Waals surface area contributed by atoms with E-state index in [1.54, 1.807) is 6.07 Å². The molecule has 0 spiro atoms. The number of rotatable bonds is 4. The van der Waals surface area contributed by atoms with Crippen molar-refractivity contribution in [1.29, 1.82) is 0 Å². The highest BCUT2D eigenvalue weighted by Gasteiger charge is 2.32. The highest BCUT2D eigenvalue weighted by Crippen LogP contribution is 2.37. The van der Waals surface area contributed by atoms with Gasteiger partial charge in [-0.05, 0) is 49.4 Å². The van der Waals surface area contributed by atoms with Gasteiger partial charge in [0, 0.05) is 40.6 Å². The van der Waals surface area contributed by atoms with Gasteiger partial charge in [0.05, 0.1) is 5.92 Å².